The highest BCUT2D eigenvalue weighted by molar-refractivity contribution is 6.08. The van der Waals surface area contributed by atoms with E-state index in [2.05, 4.69) is 19.2 Å². The second-order valence-electron chi connectivity index (χ2n) is 6.67. The lowest BCUT2D eigenvalue weighted by Gasteiger charge is -2.22. The van der Waals surface area contributed by atoms with Crippen molar-refractivity contribution in [2.75, 3.05) is 6.54 Å². The van der Waals surface area contributed by atoms with Crippen LogP contribution in [0.2, 0.25) is 0 Å². The molecule has 0 spiro atoms. The maximum absolute atomic E-state index is 12.4. The summed E-state index contributed by atoms with van der Waals surface area (Å²) in [4.78, 5) is 37.4. The number of carbonyl (C=O) groups excluding carboxylic acids is 3. The van der Waals surface area contributed by atoms with Gasteiger partial charge in [0.1, 0.15) is 18.7 Å². The Balaban J connectivity index is 1.92. The Labute approximate surface area is 148 Å². The number of nitrogens with zero attached hydrogens (tertiary/aromatic N) is 1. The van der Waals surface area contributed by atoms with Crippen molar-refractivity contribution in [3.05, 3.63) is 35.4 Å². The molecule has 2 rings (SSSR count). The Morgan fingerprint density at radius 1 is 1.16 bits per heavy atom. The van der Waals surface area contributed by atoms with Crippen molar-refractivity contribution in [3.63, 3.8) is 0 Å². The van der Waals surface area contributed by atoms with Gasteiger partial charge in [0.05, 0.1) is 0 Å². The first kappa shape index (κ1) is 19.0. The summed E-state index contributed by atoms with van der Waals surface area (Å²) in [7, 11) is 0. The number of rotatable bonds is 7. The lowest BCUT2D eigenvalue weighted by molar-refractivity contribution is -0.148. The molecule has 136 valence electrons. The third kappa shape index (κ3) is 4.00. The highest BCUT2D eigenvalue weighted by Gasteiger charge is 2.49. The van der Waals surface area contributed by atoms with Gasteiger partial charge < -0.3 is 10.1 Å². The molecule has 0 aliphatic carbocycles. The van der Waals surface area contributed by atoms with Crippen molar-refractivity contribution in [1.29, 1.82) is 0 Å². The minimum absolute atomic E-state index is 0.119. The smallest absolute Gasteiger partial charge is 0.326 e. The van der Waals surface area contributed by atoms with E-state index in [1.165, 1.54) is 5.56 Å². The molecule has 1 aromatic rings. The number of ether oxygens (including phenoxy) is 1. The number of esters is 1. The second kappa shape index (κ2) is 7.68. The van der Waals surface area contributed by atoms with Crippen molar-refractivity contribution >= 4 is 17.9 Å². The van der Waals surface area contributed by atoms with E-state index in [1.54, 1.807) is 0 Å². The van der Waals surface area contributed by atoms with Crippen LogP contribution >= 0.6 is 0 Å². The van der Waals surface area contributed by atoms with E-state index in [9.17, 15) is 14.4 Å². The Hall–Kier alpha value is -2.37. The minimum atomic E-state index is -0.899. The van der Waals surface area contributed by atoms with E-state index in [-0.39, 0.29) is 19.1 Å². The van der Waals surface area contributed by atoms with Crippen molar-refractivity contribution in [1.82, 2.24) is 10.2 Å². The summed E-state index contributed by atoms with van der Waals surface area (Å²) in [5.74, 6) is -0.520. The highest BCUT2D eigenvalue weighted by atomic mass is 16.5. The zero-order valence-electron chi connectivity index (χ0n) is 15.3. The molecule has 0 aromatic heterocycles. The van der Waals surface area contributed by atoms with Crippen LogP contribution in [0.1, 0.15) is 57.6 Å². The SMILES string of the molecule is CCC1(CC)NC(=O)N(CC(=O)OCc2ccc(C(C)C)cc2)C1=O. The summed E-state index contributed by atoms with van der Waals surface area (Å²) in [6.07, 6.45) is 0.976. The number of benzene rings is 1. The van der Waals surface area contributed by atoms with Gasteiger partial charge in [0, 0.05) is 0 Å². The van der Waals surface area contributed by atoms with Gasteiger partial charge in [-0.3, -0.25) is 14.5 Å². The molecule has 1 fully saturated rings. The van der Waals surface area contributed by atoms with E-state index in [0.29, 0.717) is 18.8 Å². The number of hydrogen-bond acceptors (Lipinski definition) is 4. The first-order valence-electron chi connectivity index (χ1n) is 8.71. The average Bonchev–Trinajstić information content (AvgIpc) is 2.85. The lowest BCUT2D eigenvalue weighted by atomic mass is 9.93. The molecule has 25 heavy (non-hydrogen) atoms. The zero-order chi connectivity index (χ0) is 18.6. The van der Waals surface area contributed by atoms with Crippen LogP contribution in [0.25, 0.3) is 0 Å². The van der Waals surface area contributed by atoms with Gasteiger partial charge in [-0.15, -0.1) is 0 Å². The molecule has 1 aliphatic rings. The predicted octanol–water partition coefficient (Wildman–Crippen LogP) is 2.96. The average molecular weight is 346 g/mol. The maximum atomic E-state index is 12.4. The number of amides is 3. The molecule has 0 unspecified atom stereocenters. The summed E-state index contributed by atoms with van der Waals surface area (Å²) < 4.78 is 5.21. The van der Waals surface area contributed by atoms with Gasteiger partial charge in [0.2, 0.25) is 0 Å². The van der Waals surface area contributed by atoms with Crippen LogP contribution in [-0.4, -0.2) is 34.9 Å². The Kier molecular flexibility index (Phi) is 5.82. The largest absolute Gasteiger partial charge is 0.459 e. The van der Waals surface area contributed by atoms with Crippen LogP contribution in [0.5, 0.6) is 0 Å². The number of carbonyl (C=O) groups is 3. The summed E-state index contributed by atoms with van der Waals surface area (Å²) >= 11 is 0. The van der Waals surface area contributed by atoms with Crippen LogP contribution in [0.15, 0.2) is 24.3 Å². The number of nitrogens with one attached hydrogen (secondary N) is 1. The van der Waals surface area contributed by atoms with Gasteiger partial charge in [0.15, 0.2) is 0 Å². The van der Waals surface area contributed by atoms with Gasteiger partial charge in [-0.05, 0) is 29.9 Å². The van der Waals surface area contributed by atoms with Gasteiger partial charge >= 0.3 is 12.0 Å². The van der Waals surface area contributed by atoms with Crippen LogP contribution in [0, 0.1) is 0 Å². The third-order valence-electron chi connectivity index (χ3n) is 4.79. The quantitative estimate of drug-likeness (QED) is 0.608. The summed E-state index contributed by atoms with van der Waals surface area (Å²) in [5, 5.41) is 2.69. The van der Waals surface area contributed by atoms with E-state index in [4.69, 9.17) is 4.74 Å². The lowest BCUT2D eigenvalue weighted by Crippen LogP contribution is -2.46. The number of imide groups is 1. The standard InChI is InChI=1S/C19H26N2O4/c1-5-19(6-2)17(23)21(18(24)20-19)11-16(22)25-12-14-7-9-15(10-8-14)13(3)4/h7-10,13H,5-6,11-12H2,1-4H3,(H,20,24). The molecule has 6 heteroatoms. The second-order valence-corrected chi connectivity index (χ2v) is 6.67. The Morgan fingerprint density at radius 2 is 1.76 bits per heavy atom. The molecule has 1 N–H and O–H groups in total. The molecule has 1 aliphatic heterocycles. The van der Waals surface area contributed by atoms with Crippen molar-refractivity contribution in [3.8, 4) is 0 Å². The van der Waals surface area contributed by atoms with Gasteiger partial charge in [-0.25, -0.2) is 4.79 Å². The molecule has 1 heterocycles. The topological polar surface area (TPSA) is 75.7 Å². The number of hydrogen-bond donors (Lipinski definition) is 1. The molecule has 0 saturated carbocycles. The van der Waals surface area contributed by atoms with Crippen LogP contribution < -0.4 is 5.32 Å². The molecule has 3 amide bonds. The fourth-order valence-electron chi connectivity index (χ4n) is 2.89. The highest BCUT2D eigenvalue weighted by Crippen LogP contribution is 2.24. The van der Waals surface area contributed by atoms with Crippen molar-refractivity contribution < 1.29 is 19.1 Å². The van der Waals surface area contributed by atoms with E-state index in [1.807, 2.05) is 38.1 Å². The zero-order valence-corrected chi connectivity index (χ0v) is 15.3. The Bertz CT molecular complexity index is 648. The maximum Gasteiger partial charge on any atom is 0.326 e. The Morgan fingerprint density at radius 3 is 2.24 bits per heavy atom. The van der Waals surface area contributed by atoms with Gasteiger partial charge in [-0.2, -0.15) is 0 Å². The summed E-state index contributed by atoms with van der Waals surface area (Å²) in [5.41, 5.74) is 1.18. The first-order valence-corrected chi connectivity index (χ1v) is 8.71. The van der Waals surface area contributed by atoms with E-state index >= 15 is 0 Å². The molecule has 0 bridgehead atoms. The summed E-state index contributed by atoms with van der Waals surface area (Å²) in [6, 6.07) is 7.29. The van der Waals surface area contributed by atoms with Gasteiger partial charge in [-0.1, -0.05) is 52.0 Å². The predicted molar refractivity (Wildman–Crippen MR) is 93.9 cm³/mol. The van der Waals surface area contributed by atoms with Crippen LogP contribution in [-0.2, 0) is 20.9 Å². The van der Waals surface area contributed by atoms with Crippen molar-refractivity contribution in [2.45, 2.75) is 58.6 Å². The molecule has 1 aromatic carbocycles. The normalized spacial score (nSPS) is 16.3. The van der Waals surface area contributed by atoms with Crippen molar-refractivity contribution in [2.24, 2.45) is 0 Å². The van der Waals surface area contributed by atoms with Crippen LogP contribution in [0.4, 0.5) is 4.79 Å². The van der Waals surface area contributed by atoms with E-state index in [0.717, 1.165) is 10.5 Å². The summed E-state index contributed by atoms with van der Waals surface area (Å²) in [6.45, 7) is 7.65. The molecule has 0 radical (unpaired) electrons. The first-order chi connectivity index (χ1) is 11.8. The molecule has 1 saturated heterocycles. The van der Waals surface area contributed by atoms with E-state index < -0.39 is 17.5 Å². The monoisotopic (exact) mass is 346 g/mol. The minimum Gasteiger partial charge on any atom is -0.459 e. The van der Waals surface area contributed by atoms with Gasteiger partial charge in [0.25, 0.3) is 5.91 Å². The fraction of sp³-hybridized carbons (Fsp3) is 0.526. The molecule has 6 nitrogen and oxygen atoms in total. The molecular weight excluding hydrogens is 320 g/mol. The molecular formula is C19H26N2O4. The third-order valence-corrected chi connectivity index (χ3v) is 4.79. The fourth-order valence-corrected chi connectivity index (χ4v) is 2.89. The van der Waals surface area contributed by atoms with Crippen LogP contribution in [0.3, 0.4) is 0 Å². The number of urea groups is 1. The molecule has 0 atom stereocenters.